The molecule has 5 nitrogen and oxygen atoms in total. The fourth-order valence-corrected chi connectivity index (χ4v) is 4.20. The quantitative estimate of drug-likeness (QED) is 0.658. The van der Waals surface area contributed by atoms with Gasteiger partial charge in [-0.3, -0.25) is 9.59 Å². The van der Waals surface area contributed by atoms with Gasteiger partial charge < -0.3 is 15.1 Å². The molecule has 1 aromatic carbocycles. The van der Waals surface area contributed by atoms with Crippen molar-refractivity contribution in [1.82, 2.24) is 10.2 Å². The highest BCUT2D eigenvalue weighted by Crippen LogP contribution is 2.16. The van der Waals surface area contributed by atoms with Crippen molar-refractivity contribution in [1.29, 1.82) is 0 Å². The summed E-state index contributed by atoms with van der Waals surface area (Å²) in [5.74, 6) is 0.278. The number of carbonyl (C=O) groups is 2. The van der Waals surface area contributed by atoms with E-state index in [1.807, 2.05) is 29.2 Å². The predicted octanol–water partition coefficient (Wildman–Crippen LogP) is 3.32. The van der Waals surface area contributed by atoms with Crippen LogP contribution >= 0.6 is 11.3 Å². The number of hydrogen-bond donors (Lipinski definition) is 1. The van der Waals surface area contributed by atoms with Crippen LogP contribution in [0.2, 0.25) is 0 Å². The first kappa shape index (κ1) is 20.4. The Bertz CT molecular complexity index is 726. The Kier molecular flexibility index (Phi) is 7.91. The van der Waals surface area contributed by atoms with Crippen LogP contribution in [0.5, 0.6) is 0 Å². The molecule has 0 radical (unpaired) electrons. The van der Waals surface area contributed by atoms with Gasteiger partial charge in [0.2, 0.25) is 11.8 Å². The number of rotatable bonds is 9. The fraction of sp³-hybridized carbons (Fsp3) is 0.455. The maximum atomic E-state index is 12.4. The van der Waals surface area contributed by atoms with Gasteiger partial charge in [-0.25, -0.2) is 0 Å². The summed E-state index contributed by atoms with van der Waals surface area (Å²) in [4.78, 5) is 29.9. The second-order valence-corrected chi connectivity index (χ2v) is 8.12. The van der Waals surface area contributed by atoms with Gasteiger partial charge in [-0.15, -0.1) is 11.3 Å². The van der Waals surface area contributed by atoms with Crippen LogP contribution in [-0.4, -0.2) is 49.4 Å². The van der Waals surface area contributed by atoms with E-state index in [4.69, 9.17) is 0 Å². The van der Waals surface area contributed by atoms with Crippen molar-refractivity contribution >= 4 is 28.8 Å². The highest BCUT2D eigenvalue weighted by molar-refractivity contribution is 7.09. The van der Waals surface area contributed by atoms with Crippen molar-refractivity contribution in [2.24, 2.45) is 0 Å². The molecule has 0 bridgehead atoms. The second kappa shape index (κ2) is 10.9. The molecule has 2 amide bonds. The van der Waals surface area contributed by atoms with Crippen LogP contribution in [0.4, 0.5) is 5.69 Å². The summed E-state index contributed by atoms with van der Waals surface area (Å²) >= 11 is 1.73. The summed E-state index contributed by atoms with van der Waals surface area (Å²) < 4.78 is 0. The van der Waals surface area contributed by atoms with E-state index in [-0.39, 0.29) is 11.8 Å². The number of nitrogens with zero attached hydrogens (tertiary/aromatic N) is 2. The molecule has 1 aromatic heterocycles. The third-order valence-electron chi connectivity index (χ3n) is 5.05. The van der Waals surface area contributed by atoms with Gasteiger partial charge in [-0.05, 0) is 42.8 Å². The summed E-state index contributed by atoms with van der Waals surface area (Å²) in [6, 6.07) is 14.5. The number of para-hydroxylation sites is 1. The van der Waals surface area contributed by atoms with Gasteiger partial charge in [-0.2, -0.15) is 0 Å². The van der Waals surface area contributed by atoms with Gasteiger partial charge in [0.05, 0.1) is 0 Å². The van der Waals surface area contributed by atoms with E-state index in [0.717, 1.165) is 39.0 Å². The molecule has 0 saturated carbocycles. The highest BCUT2D eigenvalue weighted by Gasteiger charge is 2.20. The molecule has 0 aliphatic carbocycles. The normalized spacial score (nSPS) is 14.1. The van der Waals surface area contributed by atoms with Crippen LogP contribution in [-0.2, 0) is 16.0 Å². The first-order valence-corrected chi connectivity index (χ1v) is 11.0. The van der Waals surface area contributed by atoms with E-state index in [1.54, 1.807) is 11.3 Å². The molecule has 1 aliphatic rings. The van der Waals surface area contributed by atoms with Crippen molar-refractivity contribution < 1.29 is 9.59 Å². The minimum absolute atomic E-state index is 0.0838. The number of anilines is 1. The average molecular weight is 400 g/mol. The summed E-state index contributed by atoms with van der Waals surface area (Å²) in [5, 5.41) is 5.00. The van der Waals surface area contributed by atoms with Gasteiger partial charge in [0, 0.05) is 56.1 Å². The molecular weight excluding hydrogens is 370 g/mol. The van der Waals surface area contributed by atoms with Crippen molar-refractivity contribution in [2.75, 3.05) is 37.6 Å². The lowest BCUT2D eigenvalue weighted by Crippen LogP contribution is -2.48. The molecule has 2 heterocycles. The van der Waals surface area contributed by atoms with E-state index in [1.165, 1.54) is 10.6 Å². The lowest BCUT2D eigenvalue weighted by atomic mass is 10.2. The molecule has 0 unspecified atom stereocenters. The standard InChI is InChI=1S/C22H29N3O2S/c26-21(11-4-9-20-10-6-18-28-20)23-13-5-12-22(27)25-16-14-24(15-17-25)19-7-2-1-3-8-19/h1-3,6-8,10,18H,4-5,9,11-17H2,(H,23,26). The molecule has 28 heavy (non-hydrogen) atoms. The summed E-state index contributed by atoms with van der Waals surface area (Å²) in [6.07, 6.45) is 3.58. The van der Waals surface area contributed by atoms with E-state index in [9.17, 15) is 9.59 Å². The summed E-state index contributed by atoms with van der Waals surface area (Å²) in [6.45, 7) is 3.85. The topological polar surface area (TPSA) is 52.7 Å². The van der Waals surface area contributed by atoms with Crippen molar-refractivity contribution in [2.45, 2.75) is 32.1 Å². The zero-order chi connectivity index (χ0) is 19.6. The van der Waals surface area contributed by atoms with Crippen LogP contribution < -0.4 is 10.2 Å². The number of carbonyl (C=O) groups excluding carboxylic acids is 2. The second-order valence-electron chi connectivity index (χ2n) is 7.09. The Morgan fingerprint density at radius 3 is 2.43 bits per heavy atom. The fourth-order valence-electron chi connectivity index (χ4n) is 3.44. The molecule has 1 aliphatic heterocycles. The largest absolute Gasteiger partial charge is 0.368 e. The Morgan fingerprint density at radius 1 is 0.929 bits per heavy atom. The van der Waals surface area contributed by atoms with Gasteiger partial charge in [-0.1, -0.05) is 24.3 Å². The highest BCUT2D eigenvalue weighted by atomic mass is 32.1. The maximum absolute atomic E-state index is 12.4. The van der Waals surface area contributed by atoms with Crippen LogP contribution in [0, 0.1) is 0 Å². The first-order valence-electron chi connectivity index (χ1n) is 10.1. The number of nitrogens with one attached hydrogen (secondary N) is 1. The molecule has 1 fully saturated rings. The van der Waals surface area contributed by atoms with Crippen LogP contribution in [0.25, 0.3) is 0 Å². The maximum Gasteiger partial charge on any atom is 0.222 e. The van der Waals surface area contributed by atoms with E-state index < -0.39 is 0 Å². The third kappa shape index (κ3) is 6.37. The lowest BCUT2D eigenvalue weighted by Gasteiger charge is -2.36. The van der Waals surface area contributed by atoms with Crippen LogP contribution in [0.3, 0.4) is 0 Å². The zero-order valence-electron chi connectivity index (χ0n) is 16.3. The molecule has 0 spiro atoms. The van der Waals surface area contributed by atoms with E-state index in [0.29, 0.717) is 25.8 Å². The Hall–Kier alpha value is -2.34. The number of piperazine rings is 1. The zero-order valence-corrected chi connectivity index (χ0v) is 17.1. The molecule has 6 heteroatoms. The van der Waals surface area contributed by atoms with Crippen molar-refractivity contribution in [3.8, 4) is 0 Å². The van der Waals surface area contributed by atoms with Gasteiger partial charge in [0.1, 0.15) is 0 Å². The number of hydrogen-bond acceptors (Lipinski definition) is 4. The molecule has 1 saturated heterocycles. The Labute approximate surface area is 171 Å². The Morgan fingerprint density at radius 2 is 1.71 bits per heavy atom. The smallest absolute Gasteiger partial charge is 0.222 e. The van der Waals surface area contributed by atoms with Gasteiger partial charge in [0.15, 0.2) is 0 Å². The summed E-state index contributed by atoms with van der Waals surface area (Å²) in [7, 11) is 0. The van der Waals surface area contributed by atoms with Gasteiger partial charge in [0.25, 0.3) is 0 Å². The van der Waals surface area contributed by atoms with E-state index in [2.05, 4.69) is 33.8 Å². The minimum Gasteiger partial charge on any atom is -0.368 e. The minimum atomic E-state index is 0.0838. The van der Waals surface area contributed by atoms with Crippen molar-refractivity contribution in [3.05, 3.63) is 52.7 Å². The molecule has 150 valence electrons. The molecule has 2 aromatic rings. The van der Waals surface area contributed by atoms with Gasteiger partial charge >= 0.3 is 0 Å². The molecule has 0 atom stereocenters. The lowest BCUT2D eigenvalue weighted by molar-refractivity contribution is -0.131. The first-order chi connectivity index (χ1) is 13.7. The number of benzene rings is 1. The van der Waals surface area contributed by atoms with Crippen LogP contribution in [0.1, 0.15) is 30.6 Å². The average Bonchev–Trinajstić information content (AvgIpc) is 3.25. The Balaban J connectivity index is 1.25. The molecular formula is C22H29N3O2S. The third-order valence-corrected chi connectivity index (χ3v) is 5.99. The molecule has 3 rings (SSSR count). The number of thiophene rings is 1. The molecule has 1 N–H and O–H groups in total. The number of amides is 2. The summed E-state index contributed by atoms with van der Waals surface area (Å²) in [5.41, 5.74) is 1.22. The van der Waals surface area contributed by atoms with Crippen molar-refractivity contribution in [3.63, 3.8) is 0 Å². The predicted molar refractivity (Wildman–Crippen MR) is 115 cm³/mol. The SMILES string of the molecule is O=C(CCCc1cccs1)NCCCC(=O)N1CCN(c2ccccc2)CC1. The monoisotopic (exact) mass is 399 g/mol. The van der Waals surface area contributed by atoms with E-state index >= 15 is 0 Å². The number of aryl methyl sites for hydroxylation is 1. The van der Waals surface area contributed by atoms with Crippen LogP contribution in [0.15, 0.2) is 47.8 Å².